The second-order valence-corrected chi connectivity index (χ2v) is 7.24. The number of rotatable bonds is 4. The van der Waals surface area contributed by atoms with E-state index in [0.717, 1.165) is 43.7 Å². The monoisotopic (exact) mass is 352 g/mol. The second kappa shape index (κ2) is 7.32. The molecule has 6 nitrogen and oxygen atoms in total. The lowest BCUT2D eigenvalue weighted by molar-refractivity contribution is -0.135. The highest BCUT2D eigenvalue weighted by Gasteiger charge is 2.33. The molecule has 4 rings (SSSR count). The number of benzene rings is 1. The summed E-state index contributed by atoms with van der Waals surface area (Å²) in [6, 6.07) is 12.2. The molecule has 2 saturated heterocycles. The summed E-state index contributed by atoms with van der Waals surface area (Å²) in [5.41, 5.74) is 3.48. The lowest BCUT2D eigenvalue weighted by Crippen LogP contribution is -2.47. The Balaban J connectivity index is 1.32. The standard InChI is InChI=1S/C20H24N4O2/c25-19-7-6-17(21-19)20(26)24-10-8-15(9-11-24)18-13-16(22-23-18)12-14-4-2-1-3-5-14/h1-5,13,15,17H,6-12H2,(H,21,25)(H,22,23)/t17-/m1/s1. The minimum atomic E-state index is -0.318. The van der Waals surface area contributed by atoms with E-state index in [9.17, 15) is 9.59 Å². The maximum Gasteiger partial charge on any atom is 0.245 e. The predicted octanol–water partition coefficient (Wildman–Crippen LogP) is 1.99. The zero-order valence-corrected chi connectivity index (χ0v) is 14.8. The van der Waals surface area contributed by atoms with Crippen LogP contribution in [0.15, 0.2) is 36.4 Å². The van der Waals surface area contributed by atoms with E-state index < -0.39 is 0 Å². The number of likely N-dealkylation sites (tertiary alicyclic amines) is 1. The van der Waals surface area contributed by atoms with Crippen LogP contribution in [0, 0.1) is 0 Å². The number of H-pyrrole nitrogens is 1. The van der Waals surface area contributed by atoms with E-state index in [1.807, 2.05) is 23.1 Å². The first-order valence-electron chi connectivity index (χ1n) is 9.35. The van der Waals surface area contributed by atoms with Crippen molar-refractivity contribution in [1.82, 2.24) is 20.4 Å². The lowest BCUT2D eigenvalue weighted by atomic mass is 9.92. The molecule has 2 fully saturated rings. The largest absolute Gasteiger partial charge is 0.344 e. The van der Waals surface area contributed by atoms with Crippen molar-refractivity contribution in [2.45, 2.75) is 44.1 Å². The number of amides is 2. The van der Waals surface area contributed by atoms with Crippen LogP contribution in [0.4, 0.5) is 0 Å². The van der Waals surface area contributed by atoms with E-state index >= 15 is 0 Å². The van der Waals surface area contributed by atoms with Gasteiger partial charge in [0.1, 0.15) is 6.04 Å². The van der Waals surface area contributed by atoms with Crippen molar-refractivity contribution < 1.29 is 9.59 Å². The van der Waals surface area contributed by atoms with Gasteiger partial charge in [-0.25, -0.2) is 0 Å². The number of aromatic nitrogens is 2. The fourth-order valence-electron chi connectivity index (χ4n) is 3.91. The van der Waals surface area contributed by atoms with Gasteiger partial charge >= 0.3 is 0 Å². The molecule has 2 aromatic rings. The van der Waals surface area contributed by atoms with Gasteiger partial charge in [-0.1, -0.05) is 30.3 Å². The summed E-state index contributed by atoms with van der Waals surface area (Å²) in [5, 5.41) is 10.4. The van der Waals surface area contributed by atoms with Crippen LogP contribution >= 0.6 is 0 Å². The van der Waals surface area contributed by atoms with E-state index in [1.54, 1.807) is 0 Å². The molecule has 1 atom stereocenters. The van der Waals surface area contributed by atoms with Gasteiger partial charge in [0.2, 0.25) is 11.8 Å². The average Bonchev–Trinajstić information content (AvgIpc) is 3.31. The Labute approximate surface area is 153 Å². The smallest absolute Gasteiger partial charge is 0.245 e. The third-order valence-electron chi connectivity index (χ3n) is 5.41. The zero-order chi connectivity index (χ0) is 17.9. The zero-order valence-electron chi connectivity index (χ0n) is 14.8. The van der Waals surface area contributed by atoms with Crippen molar-refractivity contribution in [2.24, 2.45) is 0 Å². The first kappa shape index (κ1) is 16.8. The fraction of sp³-hybridized carbons (Fsp3) is 0.450. The highest BCUT2D eigenvalue weighted by molar-refractivity contribution is 5.90. The minimum absolute atomic E-state index is 0.0132. The molecule has 0 saturated carbocycles. The van der Waals surface area contributed by atoms with Crippen LogP contribution in [-0.4, -0.2) is 46.0 Å². The fourth-order valence-corrected chi connectivity index (χ4v) is 3.91. The Hall–Kier alpha value is -2.63. The van der Waals surface area contributed by atoms with Crippen molar-refractivity contribution in [3.63, 3.8) is 0 Å². The van der Waals surface area contributed by atoms with Gasteiger partial charge in [-0.15, -0.1) is 0 Å². The van der Waals surface area contributed by atoms with E-state index in [4.69, 9.17) is 0 Å². The van der Waals surface area contributed by atoms with Gasteiger partial charge in [0.25, 0.3) is 0 Å². The topological polar surface area (TPSA) is 78.1 Å². The van der Waals surface area contributed by atoms with Gasteiger partial charge in [-0.2, -0.15) is 5.10 Å². The molecule has 0 unspecified atom stereocenters. The molecule has 3 heterocycles. The first-order valence-corrected chi connectivity index (χ1v) is 9.35. The number of carbonyl (C=O) groups excluding carboxylic acids is 2. The van der Waals surface area contributed by atoms with E-state index in [1.165, 1.54) is 5.56 Å². The summed E-state index contributed by atoms with van der Waals surface area (Å²) in [5.74, 6) is 0.444. The van der Waals surface area contributed by atoms with Gasteiger partial charge in [0.15, 0.2) is 0 Å². The Morgan fingerprint density at radius 2 is 1.92 bits per heavy atom. The molecule has 136 valence electrons. The van der Waals surface area contributed by atoms with Gasteiger partial charge < -0.3 is 10.2 Å². The molecule has 2 aliphatic heterocycles. The first-order chi connectivity index (χ1) is 12.7. The molecule has 1 aromatic heterocycles. The summed E-state index contributed by atoms with van der Waals surface area (Å²) >= 11 is 0. The van der Waals surface area contributed by atoms with Crippen molar-refractivity contribution in [1.29, 1.82) is 0 Å². The van der Waals surface area contributed by atoms with Gasteiger partial charge in [-0.05, 0) is 30.9 Å². The van der Waals surface area contributed by atoms with Crippen molar-refractivity contribution in [2.75, 3.05) is 13.1 Å². The number of hydrogen-bond donors (Lipinski definition) is 2. The summed E-state index contributed by atoms with van der Waals surface area (Å²) in [4.78, 5) is 25.7. The summed E-state index contributed by atoms with van der Waals surface area (Å²) in [7, 11) is 0. The Kier molecular flexibility index (Phi) is 4.73. The van der Waals surface area contributed by atoms with Crippen molar-refractivity contribution in [3.05, 3.63) is 53.3 Å². The van der Waals surface area contributed by atoms with Crippen LogP contribution in [0.3, 0.4) is 0 Å². The number of nitrogens with zero attached hydrogens (tertiary/aromatic N) is 2. The molecule has 2 N–H and O–H groups in total. The molecule has 0 radical (unpaired) electrons. The third-order valence-corrected chi connectivity index (χ3v) is 5.41. The van der Waals surface area contributed by atoms with Crippen LogP contribution < -0.4 is 5.32 Å². The summed E-state index contributed by atoms with van der Waals surface area (Å²) < 4.78 is 0. The SMILES string of the molecule is O=C1CC[C@H](C(=O)N2CCC(c3cc(Cc4ccccc4)[nH]n3)CC2)N1. The van der Waals surface area contributed by atoms with Gasteiger partial charge in [-0.3, -0.25) is 14.7 Å². The normalized spacial score (nSPS) is 21.0. The van der Waals surface area contributed by atoms with Crippen LogP contribution in [0.1, 0.15) is 48.6 Å². The number of aromatic amines is 1. The van der Waals surface area contributed by atoms with Crippen LogP contribution in [-0.2, 0) is 16.0 Å². The highest BCUT2D eigenvalue weighted by Crippen LogP contribution is 2.28. The molecule has 6 heteroatoms. The van der Waals surface area contributed by atoms with Crippen LogP contribution in [0.2, 0.25) is 0 Å². The molecular formula is C20H24N4O2. The number of hydrogen-bond acceptors (Lipinski definition) is 3. The van der Waals surface area contributed by atoms with E-state index in [-0.39, 0.29) is 17.9 Å². The van der Waals surface area contributed by atoms with Crippen molar-refractivity contribution in [3.8, 4) is 0 Å². The maximum absolute atomic E-state index is 12.5. The Bertz CT molecular complexity index is 778. The molecular weight excluding hydrogens is 328 g/mol. The van der Waals surface area contributed by atoms with E-state index in [2.05, 4.69) is 33.7 Å². The molecule has 0 spiro atoms. The maximum atomic E-state index is 12.5. The summed E-state index contributed by atoms with van der Waals surface area (Å²) in [6.45, 7) is 1.47. The number of piperidine rings is 1. The highest BCUT2D eigenvalue weighted by atomic mass is 16.2. The lowest BCUT2D eigenvalue weighted by Gasteiger charge is -2.32. The van der Waals surface area contributed by atoms with E-state index in [0.29, 0.717) is 18.8 Å². The molecule has 0 bridgehead atoms. The second-order valence-electron chi connectivity index (χ2n) is 7.24. The van der Waals surface area contributed by atoms with Gasteiger partial charge in [0.05, 0.1) is 5.69 Å². The van der Waals surface area contributed by atoms with Gasteiger partial charge in [0, 0.05) is 37.5 Å². The minimum Gasteiger partial charge on any atom is -0.344 e. The third kappa shape index (κ3) is 3.64. The quantitative estimate of drug-likeness (QED) is 0.883. The average molecular weight is 352 g/mol. The summed E-state index contributed by atoms with van der Waals surface area (Å²) in [6.07, 6.45) is 3.78. The molecule has 2 aliphatic rings. The van der Waals surface area contributed by atoms with Crippen LogP contribution in [0.25, 0.3) is 0 Å². The van der Waals surface area contributed by atoms with Crippen molar-refractivity contribution >= 4 is 11.8 Å². The Morgan fingerprint density at radius 1 is 1.15 bits per heavy atom. The molecule has 26 heavy (non-hydrogen) atoms. The molecule has 1 aromatic carbocycles. The molecule has 2 amide bonds. The molecule has 0 aliphatic carbocycles. The number of carbonyl (C=O) groups is 2. The van der Waals surface area contributed by atoms with Crippen LogP contribution in [0.5, 0.6) is 0 Å². The number of nitrogens with one attached hydrogen (secondary N) is 2. The predicted molar refractivity (Wildman–Crippen MR) is 97.6 cm³/mol. The Morgan fingerprint density at radius 3 is 2.62 bits per heavy atom.